The molecule has 1 aromatic heterocycles. The molecule has 0 aliphatic carbocycles. The number of nitrogens with zero attached hydrogens (tertiary/aromatic N) is 1. The van der Waals surface area contributed by atoms with E-state index in [1.54, 1.807) is 7.05 Å². The smallest absolute Gasteiger partial charge is 0.339 e. The van der Waals surface area contributed by atoms with Crippen molar-refractivity contribution in [2.24, 2.45) is 0 Å². The molecule has 0 saturated carbocycles. The van der Waals surface area contributed by atoms with Crippen LogP contribution in [-0.2, 0) is 6.18 Å². The number of nitrogens with one attached hydrogen (secondary N) is 2. The molecule has 1 amide bonds. The summed E-state index contributed by atoms with van der Waals surface area (Å²) in [5.74, 6) is -0.810. The van der Waals surface area contributed by atoms with Gasteiger partial charge in [0.1, 0.15) is 0 Å². The second-order valence-corrected chi connectivity index (χ2v) is 2.96. The van der Waals surface area contributed by atoms with Gasteiger partial charge >= 0.3 is 6.18 Å². The zero-order valence-corrected chi connectivity index (χ0v) is 8.43. The highest BCUT2D eigenvalue weighted by Crippen LogP contribution is 2.31. The summed E-state index contributed by atoms with van der Waals surface area (Å²) >= 11 is 0. The summed E-state index contributed by atoms with van der Waals surface area (Å²) in [6, 6.07) is 0.772. The molecule has 0 aliphatic heterocycles. The molecule has 0 fully saturated rings. The van der Waals surface area contributed by atoms with E-state index in [4.69, 9.17) is 0 Å². The van der Waals surface area contributed by atoms with Crippen molar-refractivity contribution >= 4 is 5.91 Å². The van der Waals surface area contributed by atoms with Gasteiger partial charge in [0.15, 0.2) is 0 Å². The lowest BCUT2D eigenvalue weighted by Crippen LogP contribution is -2.33. The maximum Gasteiger partial charge on any atom is 0.417 e. The number of carbonyl (C=O) groups is 1. The van der Waals surface area contributed by atoms with E-state index in [0.29, 0.717) is 0 Å². The predicted molar refractivity (Wildman–Crippen MR) is 50.6 cm³/mol. The quantitative estimate of drug-likeness (QED) is 0.766. The largest absolute Gasteiger partial charge is 0.417 e. The summed E-state index contributed by atoms with van der Waals surface area (Å²) in [5, 5.41) is 4.86. The Balaban J connectivity index is 3.00. The SMILES string of the molecule is CNCNC(=O)c1cnccc1C(F)(F)F. The van der Waals surface area contributed by atoms with Gasteiger partial charge < -0.3 is 10.6 Å². The molecule has 0 spiro atoms. The Morgan fingerprint density at radius 1 is 1.50 bits per heavy atom. The number of aromatic nitrogens is 1. The van der Waals surface area contributed by atoms with Crippen molar-refractivity contribution < 1.29 is 18.0 Å². The predicted octanol–water partition coefficient (Wildman–Crippen LogP) is 1.01. The molecule has 4 nitrogen and oxygen atoms in total. The van der Waals surface area contributed by atoms with Gasteiger partial charge in [0.05, 0.1) is 17.8 Å². The highest BCUT2D eigenvalue weighted by Gasteiger charge is 2.35. The molecule has 0 unspecified atom stereocenters. The van der Waals surface area contributed by atoms with Gasteiger partial charge in [0, 0.05) is 12.4 Å². The van der Waals surface area contributed by atoms with Gasteiger partial charge in [-0.1, -0.05) is 0 Å². The molecule has 0 saturated heterocycles. The first-order valence-electron chi connectivity index (χ1n) is 4.41. The minimum atomic E-state index is -4.56. The maximum absolute atomic E-state index is 12.5. The average Bonchev–Trinajstić information content (AvgIpc) is 2.24. The fraction of sp³-hybridized carbons (Fsp3) is 0.333. The number of rotatable bonds is 3. The molecule has 0 radical (unpaired) electrons. The molecule has 1 aromatic rings. The lowest BCUT2D eigenvalue weighted by Gasteiger charge is -2.11. The van der Waals surface area contributed by atoms with Crippen LogP contribution in [0.2, 0.25) is 0 Å². The summed E-state index contributed by atoms with van der Waals surface area (Å²) in [7, 11) is 1.56. The molecule has 16 heavy (non-hydrogen) atoms. The van der Waals surface area contributed by atoms with Crippen molar-refractivity contribution in [2.45, 2.75) is 6.18 Å². The highest BCUT2D eigenvalue weighted by molar-refractivity contribution is 5.95. The molecule has 0 atom stereocenters. The Bertz CT molecular complexity index is 379. The summed E-state index contributed by atoms with van der Waals surface area (Å²) in [6.45, 7) is 0.0883. The molecule has 7 heteroatoms. The molecule has 1 rings (SSSR count). The van der Waals surface area contributed by atoms with Crippen LogP contribution in [0.4, 0.5) is 13.2 Å². The van der Waals surface area contributed by atoms with Crippen LogP contribution in [-0.4, -0.2) is 24.6 Å². The van der Waals surface area contributed by atoms with Crippen LogP contribution in [0.25, 0.3) is 0 Å². The van der Waals surface area contributed by atoms with Gasteiger partial charge in [0.25, 0.3) is 5.91 Å². The number of pyridine rings is 1. The molecule has 1 heterocycles. The minimum absolute atomic E-state index is 0.0883. The van der Waals surface area contributed by atoms with Crippen LogP contribution in [0.1, 0.15) is 15.9 Å². The Hall–Kier alpha value is -1.63. The second-order valence-electron chi connectivity index (χ2n) is 2.96. The number of carbonyl (C=O) groups excluding carboxylic acids is 1. The van der Waals surface area contributed by atoms with Crippen LogP contribution in [0.15, 0.2) is 18.5 Å². The van der Waals surface area contributed by atoms with Crippen molar-refractivity contribution in [3.63, 3.8) is 0 Å². The van der Waals surface area contributed by atoms with Crippen molar-refractivity contribution in [1.29, 1.82) is 0 Å². The number of amides is 1. The van der Waals surface area contributed by atoms with E-state index < -0.39 is 23.2 Å². The second kappa shape index (κ2) is 4.93. The summed E-state index contributed by atoms with van der Waals surface area (Å²) in [4.78, 5) is 14.9. The average molecular weight is 233 g/mol. The first-order valence-corrected chi connectivity index (χ1v) is 4.41. The van der Waals surface area contributed by atoms with Gasteiger partial charge in [0.2, 0.25) is 0 Å². The Labute approximate surface area is 89.9 Å². The third kappa shape index (κ3) is 2.93. The minimum Gasteiger partial charge on any atom is -0.339 e. The van der Waals surface area contributed by atoms with Gasteiger partial charge in [-0.05, 0) is 13.1 Å². The molecular weight excluding hydrogens is 223 g/mol. The molecule has 88 valence electrons. The zero-order valence-electron chi connectivity index (χ0n) is 8.43. The lowest BCUT2D eigenvalue weighted by molar-refractivity contribution is -0.138. The van der Waals surface area contributed by atoms with E-state index in [1.165, 1.54) is 0 Å². The van der Waals surface area contributed by atoms with E-state index in [9.17, 15) is 18.0 Å². The molecule has 0 aromatic carbocycles. The maximum atomic E-state index is 12.5. The van der Waals surface area contributed by atoms with Crippen molar-refractivity contribution in [3.8, 4) is 0 Å². The Kier molecular flexibility index (Phi) is 3.83. The first kappa shape index (κ1) is 12.4. The number of alkyl halides is 3. The van der Waals surface area contributed by atoms with Crippen molar-refractivity contribution in [1.82, 2.24) is 15.6 Å². The third-order valence-corrected chi connectivity index (χ3v) is 1.80. The monoisotopic (exact) mass is 233 g/mol. The van der Waals surface area contributed by atoms with E-state index in [-0.39, 0.29) is 6.67 Å². The van der Waals surface area contributed by atoms with Crippen LogP contribution >= 0.6 is 0 Å². The van der Waals surface area contributed by atoms with Crippen LogP contribution in [0.3, 0.4) is 0 Å². The molecule has 0 bridgehead atoms. The third-order valence-electron chi connectivity index (χ3n) is 1.80. The van der Waals surface area contributed by atoms with Gasteiger partial charge in [-0.2, -0.15) is 13.2 Å². The number of halogens is 3. The van der Waals surface area contributed by atoms with Crippen LogP contribution in [0.5, 0.6) is 0 Å². The summed E-state index contributed by atoms with van der Waals surface area (Å²) in [6.07, 6.45) is -2.67. The van der Waals surface area contributed by atoms with E-state index in [2.05, 4.69) is 15.6 Å². The molecular formula is C9H10F3N3O. The Morgan fingerprint density at radius 2 is 2.19 bits per heavy atom. The fourth-order valence-electron chi connectivity index (χ4n) is 1.09. The number of hydrogen-bond donors (Lipinski definition) is 2. The van der Waals surface area contributed by atoms with Crippen LogP contribution < -0.4 is 10.6 Å². The lowest BCUT2D eigenvalue weighted by atomic mass is 10.1. The van der Waals surface area contributed by atoms with Crippen molar-refractivity contribution in [3.05, 3.63) is 29.6 Å². The topological polar surface area (TPSA) is 54.0 Å². The summed E-state index contributed by atoms with van der Waals surface area (Å²) < 4.78 is 37.5. The Morgan fingerprint density at radius 3 is 2.75 bits per heavy atom. The fourth-order valence-corrected chi connectivity index (χ4v) is 1.09. The van der Waals surface area contributed by atoms with E-state index in [1.807, 2.05) is 0 Å². The van der Waals surface area contributed by atoms with Gasteiger partial charge in [-0.25, -0.2) is 0 Å². The normalized spacial score (nSPS) is 11.2. The van der Waals surface area contributed by atoms with Gasteiger partial charge in [-0.15, -0.1) is 0 Å². The van der Waals surface area contributed by atoms with E-state index >= 15 is 0 Å². The highest BCUT2D eigenvalue weighted by atomic mass is 19.4. The van der Waals surface area contributed by atoms with Gasteiger partial charge in [-0.3, -0.25) is 9.78 Å². The molecule has 2 N–H and O–H groups in total. The standard InChI is InChI=1S/C9H10F3N3O/c1-13-5-15-8(16)6-4-14-3-2-7(6)9(10,11)12/h2-4,13H,5H2,1H3,(H,15,16). The van der Waals surface area contributed by atoms with Crippen LogP contribution in [0, 0.1) is 0 Å². The first-order chi connectivity index (χ1) is 7.46. The van der Waals surface area contributed by atoms with Crippen molar-refractivity contribution in [2.75, 3.05) is 13.7 Å². The number of hydrogen-bond acceptors (Lipinski definition) is 3. The van der Waals surface area contributed by atoms with E-state index in [0.717, 1.165) is 18.5 Å². The molecule has 0 aliphatic rings. The zero-order chi connectivity index (χ0) is 12.2. The summed E-state index contributed by atoms with van der Waals surface area (Å²) in [5.41, 5.74) is -1.47.